The van der Waals surface area contributed by atoms with Gasteiger partial charge in [-0.05, 0) is 6.92 Å². The normalized spacial score (nSPS) is 4.11. The van der Waals surface area contributed by atoms with Gasteiger partial charge in [0, 0.05) is 0 Å². The van der Waals surface area contributed by atoms with Crippen LogP contribution >= 0.6 is 0 Å². The Morgan fingerprint density at radius 1 is 1.44 bits per heavy atom. The van der Waals surface area contributed by atoms with Crippen molar-refractivity contribution in [3.63, 3.8) is 0 Å². The maximum absolute atomic E-state index is 8.56. The first-order valence-electron chi connectivity index (χ1n) is 1.64. The van der Waals surface area contributed by atoms with Crippen molar-refractivity contribution >= 4 is 6.16 Å². The summed E-state index contributed by atoms with van der Waals surface area (Å²) in [6.45, 7) is 5.25. The van der Waals surface area contributed by atoms with E-state index in [2.05, 4.69) is 6.58 Å². The van der Waals surface area contributed by atoms with Crippen LogP contribution in [-0.4, -0.2) is 16.4 Å². The molecule has 0 aromatic heterocycles. The van der Waals surface area contributed by atoms with E-state index in [1.54, 1.807) is 6.08 Å². The standard InChI is InChI=1S/C3H6.CH2O3.2FH/c1-3-2;2-1(3)4;;/h3H,1H2,2H3;(H2,2,3,4);2*1H. The minimum atomic E-state index is -1.83. The molecule has 0 bridgehead atoms. The van der Waals surface area contributed by atoms with E-state index in [0.29, 0.717) is 0 Å². The Bertz CT molecular complexity index is 60.8. The largest absolute Gasteiger partial charge is 0.503 e. The molecule has 0 fully saturated rings. The van der Waals surface area contributed by atoms with E-state index >= 15 is 0 Å². The fourth-order valence-electron chi connectivity index (χ4n) is 0. The van der Waals surface area contributed by atoms with Gasteiger partial charge in [-0.25, -0.2) is 4.79 Å². The van der Waals surface area contributed by atoms with Crippen molar-refractivity contribution in [2.75, 3.05) is 0 Å². The molecule has 0 aromatic rings. The molecule has 0 radical (unpaired) electrons. The summed E-state index contributed by atoms with van der Waals surface area (Å²) in [6, 6.07) is 0. The molecule has 0 aliphatic rings. The average Bonchev–Trinajstić information content (AvgIpc) is 1.33. The van der Waals surface area contributed by atoms with Crippen LogP contribution in [0.4, 0.5) is 14.2 Å². The highest BCUT2D eigenvalue weighted by Crippen LogP contribution is 1.42. The zero-order valence-electron chi connectivity index (χ0n) is 4.90. The van der Waals surface area contributed by atoms with E-state index in [4.69, 9.17) is 15.0 Å². The highest BCUT2D eigenvalue weighted by Gasteiger charge is 1.70. The number of carboxylic acid groups (broad SMARTS) is 2. The third kappa shape index (κ3) is 128. The summed E-state index contributed by atoms with van der Waals surface area (Å²) in [7, 11) is 0. The summed E-state index contributed by atoms with van der Waals surface area (Å²) < 4.78 is 0. The van der Waals surface area contributed by atoms with Crippen LogP contribution in [0, 0.1) is 0 Å². The number of halogens is 2. The lowest BCUT2D eigenvalue weighted by Crippen LogP contribution is -1.81. The molecule has 58 valence electrons. The van der Waals surface area contributed by atoms with E-state index < -0.39 is 6.16 Å². The van der Waals surface area contributed by atoms with Gasteiger partial charge >= 0.3 is 6.16 Å². The number of rotatable bonds is 0. The molecule has 0 rings (SSSR count). The molecule has 9 heavy (non-hydrogen) atoms. The highest BCUT2D eigenvalue weighted by atomic mass is 19.0. The van der Waals surface area contributed by atoms with Gasteiger partial charge in [0.25, 0.3) is 0 Å². The lowest BCUT2D eigenvalue weighted by Gasteiger charge is -1.60. The zero-order valence-corrected chi connectivity index (χ0v) is 4.90. The van der Waals surface area contributed by atoms with Crippen molar-refractivity contribution in [2.24, 2.45) is 0 Å². The van der Waals surface area contributed by atoms with Crippen molar-refractivity contribution < 1.29 is 24.4 Å². The molecule has 0 aliphatic carbocycles. The molecule has 0 spiro atoms. The molecule has 0 aromatic carbocycles. The van der Waals surface area contributed by atoms with Crippen LogP contribution in [0.15, 0.2) is 12.7 Å². The average molecular weight is 144 g/mol. The Kier molecular flexibility index (Phi) is 79.2. The lowest BCUT2D eigenvalue weighted by atomic mass is 10.8. The van der Waals surface area contributed by atoms with E-state index in [-0.39, 0.29) is 9.41 Å². The topological polar surface area (TPSA) is 57.5 Å². The number of hydrogen-bond acceptors (Lipinski definition) is 1. The highest BCUT2D eigenvalue weighted by molar-refractivity contribution is 5.53. The summed E-state index contributed by atoms with van der Waals surface area (Å²) in [5.41, 5.74) is 0. The number of hydrogen-bond donors (Lipinski definition) is 2. The summed E-state index contributed by atoms with van der Waals surface area (Å²) >= 11 is 0. The van der Waals surface area contributed by atoms with Gasteiger partial charge in [-0.1, -0.05) is 6.08 Å². The molecule has 0 unspecified atom stereocenters. The molecule has 3 nitrogen and oxygen atoms in total. The second-order valence-electron chi connectivity index (χ2n) is 0.691. The predicted octanol–water partition coefficient (Wildman–Crippen LogP) is 1.72. The molecule has 2 N–H and O–H groups in total. The van der Waals surface area contributed by atoms with Gasteiger partial charge in [-0.3, -0.25) is 9.41 Å². The molecular weight excluding hydrogens is 134 g/mol. The quantitative estimate of drug-likeness (QED) is 0.509. The summed E-state index contributed by atoms with van der Waals surface area (Å²) in [5.74, 6) is 0. The molecule has 0 saturated heterocycles. The maximum atomic E-state index is 8.56. The fraction of sp³-hybridized carbons (Fsp3) is 0.250. The van der Waals surface area contributed by atoms with E-state index in [1.165, 1.54) is 0 Å². The van der Waals surface area contributed by atoms with E-state index in [1.807, 2.05) is 6.92 Å². The summed E-state index contributed by atoms with van der Waals surface area (Å²) in [5, 5.41) is 13.9. The van der Waals surface area contributed by atoms with Crippen LogP contribution in [0.1, 0.15) is 6.92 Å². The molecule has 0 atom stereocenters. The molecule has 0 aliphatic heterocycles. The first-order valence-corrected chi connectivity index (χ1v) is 1.64. The van der Waals surface area contributed by atoms with Crippen molar-refractivity contribution in [1.82, 2.24) is 0 Å². The molecule has 0 saturated carbocycles. The summed E-state index contributed by atoms with van der Waals surface area (Å²) in [6.07, 6.45) is -0.0833. The van der Waals surface area contributed by atoms with Gasteiger partial charge < -0.3 is 10.2 Å². The Labute approximate surface area is 51.4 Å². The van der Waals surface area contributed by atoms with Crippen LogP contribution in [0.2, 0.25) is 0 Å². The van der Waals surface area contributed by atoms with Crippen LogP contribution < -0.4 is 0 Å². The first kappa shape index (κ1) is 24.8. The Morgan fingerprint density at radius 2 is 1.44 bits per heavy atom. The second-order valence-corrected chi connectivity index (χ2v) is 0.691. The van der Waals surface area contributed by atoms with Crippen molar-refractivity contribution in [3.8, 4) is 0 Å². The van der Waals surface area contributed by atoms with Crippen molar-refractivity contribution in [3.05, 3.63) is 12.7 Å². The monoisotopic (exact) mass is 144 g/mol. The van der Waals surface area contributed by atoms with Gasteiger partial charge in [-0.15, -0.1) is 6.58 Å². The fourth-order valence-corrected chi connectivity index (χ4v) is 0. The molecule has 0 heterocycles. The van der Waals surface area contributed by atoms with E-state index in [0.717, 1.165) is 0 Å². The van der Waals surface area contributed by atoms with Crippen molar-refractivity contribution in [2.45, 2.75) is 6.92 Å². The minimum absolute atomic E-state index is 0. The third-order valence-corrected chi connectivity index (χ3v) is 0. The molecule has 5 heteroatoms. The number of carbonyl (C=O) groups is 1. The second kappa shape index (κ2) is 28.7. The SMILES string of the molecule is C=CC.F.F.O=C(O)O. The van der Waals surface area contributed by atoms with Crippen LogP contribution in [0.5, 0.6) is 0 Å². The van der Waals surface area contributed by atoms with Gasteiger partial charge in [0.15, 0.2) is 0 Å². The number of allylic oxidation sites excluding steroid dienone is 1. The maximum Gasteiger partial charge on any atom is 0.503 e. The third-order valence-electron chi connectivity index (χ3n) is 0. The molecule has 0 amide bonds. The Hall–Kier alpha value is -1.13. The van der Waals surface area contributed by atoms with E-state index in [9.17, 15) is 0 Å². The Morgan fingerprint density at radius 3 is 1.44 bits per heavy atom. The Balaban J connectivity index is -0.0000000233. The van der Waals surface area contributed by atoms with Gasteiger partial charge in [0.2, 0.25) is 0 Å². The van der Waals surface area contributed by atoms with Crippen LogP contribution in [0.3, 0.4) is 0 Å². The van der Waals surface area contributed by atoms with Gasteiger partial charge in [0.1, 0.15) is 0 Å². The minimum Gasteiger partial charge on any atom is -0.450 e. The van der Waals surface area contributed by atoms with Crippen molar-refractivity contribution in [1.29, 1.82) is 0 Å². The predicted molar refractivity (Wildman–Crippen MR) is 31.5 cm³/mol. The first-order chi connectivity index (χ1) is 3.15. The van der Waals surface area contributed by atoms with Crippen LogP contribution in [0.25, 0.3) is 0 Å². The zero-order chi connectivity index (χ0) is 6.28. The molecular formula is C4H10F2O3. The van der Waals surface area contributed by atoms with Crippen LogP contribution in [-0.2, 0) is 0 Å². The lowest BCUT2D eigenvalue weighted by molar-refractivity contribution is 0.137. The summed E-state index contributed by atoms with van der Waals surface area (Å²) in [4.78, 5) is 8.56. The van der Waals surface area contributed by atoms with Gasteiger partial charge in [-0.2, -0.15) is 0 Å². The smallest absolute Gasteiger partial charge is 0.450 e. The van der Waals surface area contributed by atoms with Gasteiger partial charge in [0.05, 0.1) is 0 Å².